The lowest BCUT2D eigenvalue weighted by molar-refractivity contribution is 0.119. The van der Waals surface area contributed by atoms with Gasteiger partial charge in [0.05, 0.1) is 0 Å². The Hall–Kier alpha value is 0.270. The van der Waals surface area contributed by atoms with Gasteiger partial charge in [0.25, 0.3) is 0 Å². The normalized spacial score (nSPS) is 37.2. The van der Waals surface area contributed by atoms with Crippen molar-refractivity contribution in [2.24, 2.45) is 11.8 Å². The van der Waals surface area contributed by atoms with Gasteiger partial charge in [0.2, 0.25) is 0 Å². The maximum atomic E-state index is 3.86. The Morgan fingerprint density at radius 2 is 1.94 bits per heavy atom. The van der Waals surface area contributed by atoms with Gasteiger partial charge in [-0.3, -0.25) is 0 Å². The molecule has 2 saturated heterocycles. The molecule has 0 spiro atoms. The summed E-state index contributed by atoms with van der Waals surface area (Å²) < 4.78 is 0. The molecule has 3 unspecified atom stereocenters. The number of nitrogens with zero attached hydrogens (tertiary/aromatic N) is 1. The highest BCUT2D eigenvalue weighted by atomic mass is 32.2. The third-order valence-corrected chi connectivity index (χ3v) is 5.67. The zero-order chi connectivity index (χ0) is 12.3. The standard InChI is InChI=1S/C14H28N2S/c1-11-10-16(3)12(2)8-14(11)15-9-13-4-6-17-7-5-13/h11-15H,4-10H2,1-3H3. The van der Waals surface area contributed by atoms with E-state index in [4.69, 9.17) is 0 Å². The van der Waals surface area contributed by atoms with Crippen molar-refractivity contribution in [3.63, 3.8) is 0 Å². The van der Waals surface area contributed by atoms with Crippen molar-refractivity contribution >= 4 is 11.8 Å². The second kappa shape index (κ2) is 6.44. The minimum atomic E-state index is 0.741. The molecule has 17 heavy (non-hydrogen) atoms. The fourth-order valence-electron chi connectivity index (χ4n) is 3.09. The van der Waals surface area contributed by atoms with E-state index < -0.39 is 0 Å². The van der Waals surface area contributed by atoms with Gasteiger partial charge in [-0.05, 0) is 63.1 Å². The summed E-state index contributed by atoms with van der Waals surface area (Å²) in [4.78, 5) is 2.50. The summed E-state index contributed by atoms with van der Waals surface area (Å²) in [6.45, 7) is 7.26. The highest BCUT2D eigenvalue weighted by Crippen LogP contribution is 2.24. The molecular weight excluding hydrogens is 228 g/mol. The van der Waals surface area contributed by atoms with Gasteiger partial charge >= 0.3 is 0 Å². The maximum Gasteiger partial charge on any atom is 0.0120 e. The molecule has 0 bridgehead atoms. The van der Waals surface area contributed by atoms with Gasteiger partial charge < -0.3 is 10.2 Å². The Bertz CT molecular complexity index is 228. The summed E-state index contributed by atoms with van der Waals surface area (Å²) in [5.41, 5.74) is 0. The lowest BCUT2D eigenvalue weighted by atomic mass is 9.89. The first-order chi connectivity index (χ1) is 8.16. The summed E-state index contributed by atoms with van der Waals surface area (Å²) in [5.74, 6) is 4.50. The Kier molecular flexibility index (Phi) is 5.19. The maximum absolute atomic E-state index is 3.86. The summed E-state index contributed by atoms with van der Waals surface area (Å²) in [6, 6.07) is 1.49. The lowest BCUT2D eigenvalue weighted by Crippen LogP contribution is -2.51. The van der Waals surface area contributed by atoms with Crippen molar-refractivity contribution < 1.29 is 0 Å². The molecule has 2 nitrogen and oxygen atoms in total. The van der Waals surface area contributed by atoms with Crippen LogP contribution in [0.4, 0.5) is 0 Å². The van der Waals surface area contributed by atoms with Crippen LogP contribution in [0.25, 0.3) is 0 Å². The molecular formula is C14H28N2S. The second-order valence-corrected chi connectivity index (χ2v) is 7.30. The molecule has 2 aliphatic rings. The molecule has 100 valence electrons. The molecule has 2 rings (SSSR count). The Labute approximate surface area is 111 Å². The van der Waals surface area contributed by atoms with E-state index in [1.165, 1.54) is 43.9 Å². The van der Waals surface area contributed by atoms with Crippen LogP contribution in [0.3, 0.4) is 0 Å². The van der Waals surface area contributed by atoms with E-state index in [0.29, 0.717) is 0 Å². The number of nitrogens with one attached hydrogen (secondary N) is 1. The van der Waals surface area contributed by atoms with Crippen LogP contribution in [-0.4, -0.2) is 48.6 Å². The van der Waals surface area contributed by atoms with Crippen LogP contribution >= 0.6 is 11.8 Å². The summed E-state index contributed by atoms with van der Waals surface area (Å²) in [7, 11) is 2.26. The number of likely N-dealkylation sites (tertiary alicyclic amines) is 1. The van der Waals surface area contributed by atoms with Crippen molar-refractivity contribution in [2.75, 3.05) is 31.6 Å². The molecule has 0 saturated carbocycles. The third kappa shape index (κ3) is 3.87. The Morgan fingerprint density at radius 1 is 1.24 bits per heavy atom. The third-order valence-electron chi connectivity index (χ3n) is 4.62. The van der Waals surface area contributed by atoms with Crippen molar-refractivity contribution in [2.45, 2.75) is 45.2 Å². The number of piperidine rings is 1. The Morgan fingerprint density at radius 3 is 2.65 bits per heavy atom. The minimum Gasteiger partial charge on any atom is -0.313 e. The molecule has 2 aliphatic heterocycles. The molecule has 1 N–H and O–H groups in total. The first kappa shape index (κ1) is 13.7. The van der Waals surface area contributed by atoms with Crippen molar-refractivity contribution in [1.82, 2.24) is 10.2 Å². The average molecular weight is 256 g/mol. The van der Waals surface area contributed by atoms with Crippen LogP contribution in [0.15, 0.2) is 0 Å². The predicted octanol–water partition coefficient (Wildman–Crippen LogP) is 2.45. The molecule has 3 heteroatoms. The van der Waals surface area contributed by atoms with Crippen LogP contribution in [0.2, 0.25) is 0 Å². The second-order valence-electron chi connectivity index (χ2n) is 6.07. The van der Waals surface area contributed by atoms with E-state index in [-0.39, 0.29) is 0 Å². The molecule has 0 aromatic carbocycles. The zero-order valence-electron chi connectivity index (χ0n) is 11.6. The molecule has 0 amide bonds. The number of hydrogen-bond acceptors (Lipinski definition) is 3. The number of rotatable bonds is 3. The first-order valence-corrected chi connectivity index (χ1v) is 8.33. The molecule has 2 fully saturated rings. The highest BCUT2D eigenvalue weighted by Gasteiger charge is 2.29. The van der Waals surface area contributed by atoms with E-state index in [1.807, 2.05) is 0 Å². The number of hydrogen-bond donors (Lipinski definition) is 1. The summed E-state index contributed by atoms with van der Waals surface area (Å²) >= 11 is 2.13. The lowest BCUT2D eigenvalue weighted by Gasteiger charge is -2.40. The van der Waals surface area contributed by atoms with Gasteiger partial charge in [0.15, 0.2) is 0 Å². The van der Waals surface area contributed by atoms with Gasteiger partial charge in [-0.15, -0.1) is 0 Å². The molecule has 2 heterocycles. The zero-order valence-corrected chi connectivity index (χ0v) is 12.4. The van der Waals surface area contributed by atoms with Gasteiger partial charge in [0, 0.05) is 18.6 Å². The molecule has 0 aromatic rings. The van der Waals surface area contributed by atoms with Gasteiger partial charge in [0.1, 0.15) is 0 Å². The van der Waals surface area contributed by atoms with Crippen molar-refractivity contribution in [1.29, 1.82) is 0 Å². The molecule has 0 radical (unpaired) electrons. The smallest absolute Gasteiger partial charge is 0.0120 e. The van der Waals surface area contributed by atoms with E-state index in [2.05, 4.69) is 42.9 Å². The van der Waals surface area contributed by atoms with Crippen molar-refractivity contribution in [3.8, 4) is 0 Å². The predicted molar refractivity (Wildman–Crippen MR) is 77.7 cm³/mol. The largest absolute Gasteiger partial charge is 0.313 e. The number of thioether (sulfide) groups is 1. The monoisotopic (exact) mass is 256 g/mol. The highest BCUT2D eigenvalue weighted by molar-refractivity contribution is 7.99. The molecule has 0 aromatic heterocycles. The molecule has 0 aliphatic carbocycles. The van der Waals surface area contributed by atoms with Gasteiger partial charge in [-0.2, -0.15) is 11.8 Å². The summed E-state index contributed by atoms with van der Waals surface area (Å²) in [6.07, 6.45) is 4.17. The minimum absolute atomic E-state index is 0.741. The van der Waals surface area contributed by atoms with Crippen LogP contribution < -0.4 is 5.32 Å². The fourth-order valence-corrected chi connectivity index (χ4v) is 4.30. The van der Waals surface area contributed by atoms with Gasteiger partial charge in [-0.1, -0.05) is 6.92 Å². The van der Waals surface area contributed by atoms with E-state index in [1.54, 1.807) is 0 Å². The van der Waals surface area contributed by atoms with E-state index >= 15 is 0 Å². The fraction of sp³-hybridized carbons (Fsp3) is 1.00. The quantitative estimate of drug-likeness (QED) is 0.835. The molecule has 3 atom stereocenters. The Balaban J connectivity index is 1.74. The van der Waals surface area contributed by atoms with Gasteiger partial charge in [-0.25, -0.2) is 0 Å². The van der Waals surface area contributed by atoms with E-state index in [9.17, 15) is 0 Å². The first-order valence-electron chi connectivity index (χ1n) is 7.18. The van der Waals surface area contributed by atoms with Crippen LogP contribution in [-0.2, 0) is 0 Å². The average Bonchev–Trinajstić information content (AvgIpc) is 2.33. The van der Waals surface area contributed by atoms with Crippen LogP contribution in [0, 0.1) is 11.8 Å². The topological polar surface area (TPSA) is 15.3 Å². The van der Waals surface area contributed by atoms with Crippen molar-refractivity contribution in [3.05, 3.63) is 0 Å². The SMILES string of the molecule is CC1CN(C)C(C)CC1NCC1CCSCC1. The van der Waals surface area contributed by atoms with Crippen LogP contribution in [0.1, 0.15) is 33.1 Å². The van der Waals surface area contributed by atoms with Crippen LogP contribution in [0.5, 0.6) is 0 Å². The summed E-state index contributed by atoms with van der Waals surface area (Å²) in [5, 5.41) is 3.86. The van der Waals surface area contributed by atoms with E-state index in [0.717, 1.165) is 23.9 Å².